The number of unbranched alkanes of at least 4 members (excludes halogenated alkanes) is 1. The van der Waals surface area contributed by atoms with Crippen molar-refractivity contribution in [2.24, 2.45) is 11.7 Å². The van der Waals surface area contributed by atoms with Gasteiger partial charge in [0.25, 0.3) is 0 Å². The molecule has 0 aromatic carbocycles. The lowest BCUT2D eigenvalue weighted by Gasteiger charge is -2.29. The van der Waals surface area contributed by atoms with Gasteiger partial charge in [-0.05, 0) is 18.8 Å². The second-order valence-electron chi connectivity index (χ2n) is 5.46. The van der Waals surface area contributed by atoms with Crippen LogP contribution in [0.4, 0.5) is 0 Å². The van der Waals surface area contributed by atoms with E-state index >= 15 is 0 Å². The summed E-state index contributed by atoms with van der Waals surface area (Å²) in [6, 6.07) is -1.97. The van der Waals surface area contributed by atoms with Gasteiger partial charge in [-0.15, -0.1) is 0 Å². The minimum atomic E-state index is -1.17. The van der Waals surface area contributed by atoms with Crippen LogP contribution in [0.3, 0.4) is 0 Å². The van der Waals surface area contributed by atoms with E-state index in [-0.39, 0.29) is 12.3 Å². The number of imide groups is 1. The van der Waals surface area contributed by atoms with Crippen LogP contribution in [0.1, 0.15) is 53.4 Å². The van der Waals surface area contributed by atoms with Crippen molar-refractivity contribution in [3.63, 3.8) is 0 Å². The number of hydrogen-bond acceptors (Lipinski definition) is 4. The van der Waals surface area contributed by atoms with Gasteiger partial charge < -0.3 is 10.8 Å². The second kappa shape index (κ2) is 8.68. The van der Waals surface area contributed by atoms with Crippen LogP contribution in [-0.2, 0) is 14.4 Å². The first-order valence-corrected chi connectivity index (χ1v) is 7.04. The summed E-state index contributed by atoms with van der Waals surface area (Å²) in [5.74, 6) is -2.15. The Morgan fingerprint density at radius 1 is 1.25 bits per heavy atom. The summed E-state index contributed by atoms with van der Waals surface area (Å²) in [4.78, 5) is 36.0. The van der Waals surface area contributed by atoms with Crippen LogP contribution in [0.5, 0.6) is 0 Å². The van der Waals surface area contributed by atoms with Crippen LogP contribution in [0.15, 0.2) is 0 Å². The zero-order valence-electron chi connectivity index (χ0n) is 12.8. The van der Waals surface area contributed by atoms with E-state index in [4.69, 9.17) is 5.73 Å². The lowest BCUT2D eigenvalue weighted by atomic mass is 10.0. The molecule has 2 unspecified atom stereocenters. The van der Waals surface area contributed by atoms with Crippen molar-refractivity contribution >= 4 is 17.8 Å². The van der Waals surface area contributed by atoms with Gasteiger partial charge in [-0.3, -0.25) is 14.5 Å². The summed E-state index contributed by atoms with van der Waals surface area (Å²) in [6.45, 7) is 6.94. The number of hydrogen-bond donors (Lipinski definition) is 2. The number of rotatable bonds is 8. The van der Waals surface area contributed by atoms with Crippen LogP contribution < -0.4 is 5.73 Å². The van der Waals surface area contributed by atoms with Gasteiger partial charge in [-0.1, -0.05) is 33.6 Å². The van der Waals surface area contributed by atoms with Gasteiger partial charge in [-0.25, -0.2) is 4.79 Å². The van der Waals surface area contributed by atoms with Gasteiger partial charge in [0.2, 0.25) is 11.8 Å². The SMILES string of the molecule is CCCCC(C(=O)O)N(C(C)=O)C(=O)C(N)CC(C)C. The van der Waals surface area contributed by atoms with Crippen LogP contribution in [0.2, 0.25) is 0 Å². The molecular formula is C14H26N2O4. The molecule has 0 radical (unpaired) electrons. The van der Waals surface area contributed by atoms with Crippen LogP contribution >= 0.6 is 0 Å². The highest BCUT2D eigenvalue weighted by Crippen LogP contribution is 2.14. The maximum Gasteiger partial charge on any atom is 0.326 e. The molecule has 2 amide bonds. The number of aliphatic carboxylic acids is 1. The molecule has 0 rings (SSSR count). The van der Waals surface area contributed by atoms with E-state index in [0.717, 1.165) is 11.3 Å². The first-order valence-electron chi connectivity index (χ1n) is 7.04. The van der Waals surface area contributed by atoms with E-state index in [2.05, 4.69) is 0 Å². The molecule has 0 aromatic rings. The van der Waals surface area contributed by atoms with E-state index < -0.39 is 29.9 Å². The third-order valence-electron chi connectivity index (χ3n) is 3.05. The Kier molecular flexibility index (Phi) is 8.06. The normalized spacial score (nSPS) is 13.9. The number of carbonyl (C=O) groups excluding carboxylic acids is 2. The smallest absolute Gasteiger partial charge is 0.326 e. The molecule has 0 bridgehead atoms. The summed E-state index contributed by atoms with van der Waals surface area (Å²) in [5, 5.41) is 9.24. The van der Waals surface area contributed by atoms with Gasteiger partial charge in [0.05, 0.1) is 6.04 Å². The third-order valence-corrected chi connectivity index (χ3v) is 3.05. The third kappa shape index (κ3) is 5.69. The molecule has 0 spiro atoms. The fourth-order valence-electron chi connectivity index (χ4n) is 2.08. The highest BCUT2D eigenvalue weighted by atomic mass is 16.4. The minimum Gasteiger partial charge on any atom is -0.480 e. The van der Waals surface area contributed by atoms with Gasteiger partial charge in [0.1, 0.15) is 6.04 Å². The number of carboxylic acids is 1. The monoisotopic (exact) mass is 286 g/mol. The Morgan fingerprint density at radius 3 is 2.15 bits per heavy atom. The largest absolute Gasteiger partial charge is 0.480 e. The van der Waals surface area contributed by atoms with E-state index in [9.17, 15) is 19.5 Å². The Hall–Kier alpha value is -1.43. The Labute approximate surface area is 120 Å². The average Bonchev–Trinajstić information content (AvgIpc) is 2.31. The number of nitrogens with zero attached hydrogens (tertiary/aromatic N) is 1. The zero-order valence-corrected chi connectivity index (χ0v) is 12.8. The predicted molar refractivity (Wildman–Crippen MR) is 75.9 cm³/mol. The number of nitrogens with two attached hydrogens (primary N) is 1. The molecule has 0 aliphatic heterocycles. The summed E-state index contributed by atoms with van der Waals surface area (Å²) >= 11 is 0. The van der Waals surface area contributed by atoms with E-state index in [1.165, 1.54) is 6.92 Å². The molecule has 3 N–H and O–H groups in total. The van der Waals surface area contributed by atoms with Crippen molar-refractivity contribution in [2.45, 2.75) is 65.5 Å². The van der Waals surface area contributed by atoms with Crippen molar-refractivity contribution in [1.82, 2.24) is 4.90 Å². The summed E-state index contributed by atoms with van der Waals surface area (Å²) < 4.78 is 0. The van der Waals surface area contributed by atoms with Crippen molar-refractivity contribution in [3.8, 4) is 0 Å². The van der Waals surface area contributed by atoms with E-state index in [1.807, 2.05) is 20.8 Å². The van der Waals surface area contributed by atoms with E-state index in [0.29, 0.717) is 12.8 Å². The fraction of sp³-hybridized carbons (Fsp3) is 0.786. The van der Waals surface area contributed by atoms with Crippen molar-refractivity contribution in [3.05, 3.63) is 0 Å². The molecule has 0 saturated heterocycles. The minimum absolute atomic E-state index is 0.196. The predicted octanol–water partition coefficient (Wildman–Crippen LogP) is 1.38. The quantitative estimate of drug-likeness (QED) is 0.702. The molecule has 6 heteroatoms. The van der Waals surface area contributed by atoms with Crippen molar-refractivity contribution in [2.75, 3.05) is 0 Å². The van der Waals surface area contributed by atoms with Gasteiger partial charge in [-0.2, -0.15) is 0 Å². The Balaban J connectivity index is 5.13. The van der Waals surface area contributed by atoms with Crippen LogP contribution in [-0.4, -0.2) is 39.9 Å². The van der Waals surface area contributed by atoms with Crippen LogP contribution in [0, 0.1) is 5.92 Å². The summed E-state index contributed by atoms with van der Waals surface area (Å²) in [6.07, 6.45) is 2.10. The molecule has 0 saturated carbocycles. The lowest BCUT2D eigenvalue weighted by molar-refractivity contribution is -0.158. The molecule has 0 fully saturated rings. The first kappa shape index (κ1) is 18.6. The Morgan fingerprint density at radius 2 is 1.80 bits per heavy atom. The number of carboxylic acid groups (broad SMARTS) is 1. The maximum atomic E-state index is 12.2. The van der Waals surface area contributed by atoms with Crippen LogP contribution in [0.25, 0.3) is 0 Å². The summed E-state index contributed by atoms with van der Waals surface area (Å²) in [7, 11) is 0. The zero-order chi connectivity index (χ0) is 15.9. The molecule has 6 nitrogen and oxygen atoms in total. The molecule has 0 aliphatic rings. The molecule has 0 heterocycles. The highest BCUT2D eigenvalue weighted by Gasteiger charge is 2.34. The molecule has 0 aliphatic carbocycles. The number of amides is 2. The van der Waals surface area contributed by atoms with E-state index in [1.54, 1.807) is 0 Å². The van der Waals surface area contributed by atoms with Gasteiger partial charge >= 0.3 is 5.97 Å². The molecule has 2 atom stereocenters. The molecule has 20 heavy (non-hydrogen) atoms. The lowest BCUT2D eigenvalue weighted by Crippen LogP contribution is -2.53. The van der Waals surface area contributed by atoms with Crippen molar-refractivity contribution in [1.29, 1.82) is 0 Å². The fourth-order valence-corrected chi connectivity index (χ4v) is 2.08. The molecule has 116 valence electrons. The molecule has 0 aromatic heterocycles. The number of carbonyl (C=O) groups is 3. The average molecular weight is 286 g/mol. The first-order chi connectivity index (χ1) is 9.22. The standard InChI is InChI=1S/C14H26N2O4/c1-5-6-7-12(14(19)20)16(10(4)17)13(18)11(15)8-9(2)3/h9,11-12H,5-8,15H2,1-4H3,(H,19,20). The van der Waals surface area contributed by atoms with Gasteiger partial charge in [0, 0.05) is 6.92 Å². The Bertz CT molecular complexity index is 355. The topological polar surface area (TPSA) is 101 Å². The van der Waals surface area contributed by atoms with Crippen molar-refractivity contribution < 1.29 is 19.5 Å². The summed E-state index contributed by atoms with van der Waals surface area (Å²) in [5.41, 5.74) is 5.79. The van der Waals surface area contributed by atoms with Gasteiger partial charge in [0.15, 0.2) is 0 Å². The second-order valence-corrected chi connectivity index (χ2v) is 5.46. The highest BCUT2D eigenvalue weighted by molar-refractivity contribution is 6.00. The molecular weight excluding hydrogens is 260 g/mol. The maximum absolute atomic E-state index is 12.2.